The smallest absolute Gasteiger partial charge is 0.230 e. The zero-order valence-electron chi connectivity index (χ0n) is 15.5. The number of carbonyl (C=O) groups is 1. The van der Waals surface area contributed by atoms with E-state index in [0.717, 1.165) is 27.6 Å². The fourth-order valence-electron chi connectivity index (χ4n) is 2.54. The minimum Gasteiger partial charge on any atom is -0.497 e. The van der Waals surface area contributed by atoms with E-state index in [4.69, 9.17) is 4.74 Å². The summed E-state index contributed by atoms with van der Waals surface area (Å²) in [6.45, 7) is 0.545. The van der Waals surface area contributed by atoms with Crippen LogP contribution in [0.2, 0.25) is 0 Å². The average Bonchev–Trinajstić information content (AvgIpc) is 3.18. The van der Waals surface area contributed by atoms with Gasteiger partial charge in [0.05, 0.1) is 18.6 Å². The van der Waals surface area contributed by atoms with Crippen molar-refractivity contribution in [2.75, 3.05) is 19.4 Å². The van der Waals surface area contributed by atoms with Gasteiger partial charge in [0.15, 0.2) is 0 Å². The second-order valence-corrected chi connectivity index (χ2v) is 7.94. The maximum absolute atomic E-state index is 12.9. The number of halogens is 1. The summed E-state index contributed by atoms with van der Waals surface area (Å²) >= 11 is 3.13. The van der Waals surface area contributed by atoms with E-state index in [9.17, 15) is 9.18 Å². The van der Waals surface area contributed by atoms with Crippen molar-refractivity contribution in [3.05, 3.63) is 71.0 Å². The Kier molecular flexibility index (Phi) is 7.45. The highest BCUT2D eigenvalue weighted by atomic mass is 32.2. The van der Waals surface area contributed by atoms with E-state index in [2.05, 4.69) is 10.3 Å². The second-order valence-electron chi connectivity index (χ2n) is 6.09. The summed E-state index contributed by atoms with van der Waals surface area (Å²) in [6.07, 6.45) is 0.688. The van der Waals surface area contributed by atoms with Gasteiger partial charge in [-0.3, -0.25) is 4.79 Å². The third kappa shape index (κ3) is 6.07. The number of nitrogens with one attached hydrogen (secondary N) is 1. The van der Waals surface area contributed by atoms with Crippen molar-refractivity contribution in [2.24, 2.45) is 0 Å². The van der Waals surface area contributed by atoms with Gasteiger partial charge < -0.3 is 10.1 Å². The van der Waals surface area contributed by atoms with Crippen molar-refractivity contribution < 1.29 is 13.9 Å². The normalized spacial score (nSPS) is 10.6. The van der Waals surface area contributed by atoms with E-state index in [1.54, 1.807) is 30.6 Å². The van der Waals surface area contributed by atoms with Gasteiger partial charge in [-0.15, -0.1) is 23.1 Å². The first-order valence-corrected chi connectivity index (χ1v) is 10.8. The molecule has 0 aliphatic carbocycles. The third-order valence-electron chi connectivity index (χ3n) is 4.02. The van der Waals surface area contributed by atoms with E-state index < -0.39 is 0 Å². The molecular formula is C21H21FN2O2S2. The molecule has 2 aromatic carbocycles. The van der Waals surface area contributed by atoms with Crippen LogP contribution in [0.3, 0.4) is 0 Å². The molecule has 1 N–H and O–H groups in total. The maximum atomic E-state index is 12.9. The topological polar surface area (TPSA) is 51.2 Å². The van der Waals surface area contributed by atoms with Gasteiger partial charge in [-0.05, 0) is 48.4 Å². The highest BCUT2D eigenvalue weighted by Gasteiger charge is 2.07. The summed E-state index contributed by atoms with van der Waals surface area (Å²) < 4.78 is 18.0. The zero-order chi connectivity index (χ0) is 19.8. The van der Waals surface area contributed by atoms with Crippen LogP contribution < -0.4 is 10.1 Å². The number of hydrogen-bond donors (Lipinski definition) is 1. The number of ether oxygens (including phenoxy) is 1. The molecule has 3 aromatic rings. The van der Waals surface area contributed by atoms with Gasteiger partial charge in [-0.1, -0.05) is 12.1 Å². The first-order chi connectivity index (χ1) is 13.6. The predicted molar refractivity (Wildman–Crippen MR) is 113 cm³/mol. The molecule has 1 heterocycles. The molecule has 3 rings (SSSR count). The van der Waals surface area contributed by atoms with Crippen molar-refractivity contribution in [2.45, 2.75) is 12.2 Å². The molecule has 0 spiro atoms. The Morgan fingerprint density at radius 3 is 2.64 bits per heavy atom. The van der Waals surface area contributed by atoms with Crippen LogP contribution in [0.15, 0.2) is 53.9 Å². The van der Waals surface area contributed by atoms with Crippen LogP contribution >= 0.6 is 23.1 Å². The van der Waals surface area contributed by atoms with Gasteiger partial charge in [0.1, 0.15) is 16.6 Å². The number of thioether (sulfide) groups is 1. The van der Waals surface area contributed by atoms with Gasteiger partial charge >= 0.3 is 0 Å². The van der Waals surface area contributed by atoms with Crippen LogP contribution in [0.4, 0.5) is 4.39 Å². The number of methoxy groups -OCH3 is 1. The van der Waals surface area contributed by atoms with Gasteiger partial charge in [0, 0.05) is 23.2 Å². The molecule has 0 saturated carbocycles. The fourth-order valence-corrected chi connectivity index (χ4v) is 4.21. The molecule has 0 fully saturated rings. The van der Waals surface area contributed by atoms with E-state index >= 15 is 0 Å². The molecule has 28 heavy (non-hydrogen) atoms. The summed E-state index contributed by atoms with van der Waals surface area (Å²) in [6, 6.07) is 14.1. The van der Waals surface area contributed by atoms with Gasteiger partial charge in [0.2, 0.25) is 5.91 Å². The molecular weight excluding hydrogens is 395 g/mol. The van der Waals surface area contributed by atoms with Gasteiger partial charge in [-0.25, -0.2) is 9.37 Å². The van der Waals surface area contributed by atoms with E-state index in [1.807, 2.05) is 29.6 Å². The molecule has 7 heteroatoms. The molecule has 146 valence electrons. The number of amides is 1. The first kappa shape index (κ1) is 20.4. The van der Waals surface area contributed by atoms with Crippen LogP contribution in [0.5, 0.6) is 5.75 Å². The molecule has 0 atom stereocenters. The molecule has 0 unspecified atom stereocenters. The molecule has 0 radical (unpaired) electrons. The third-order valence-corrected chi connectivity index (χ3v) is 5.93. The summed E-state index contributed by atoms with van der Waals surface area (Å²) in [7, 11) is 1.65. The standard InChI is InChI=1S/C21H21FN2O2S2/c1-26-19-8-4-16(5-9-19)21-24-18(13-28-21)12-27-14-20(25)23-11-10-15-2-6-17(22)7-3-15/h2-9,13H,10-12,14H2,1H3,(H,23,25). The number of nitrogens with zero attached hydrogens (tertiary/aromatic N) is 1. The van der Waals surface area contributed by atoms with Crippen LogP contribution in [-0.4, -0.2) is 30.3 Å². The van der Waals surface area contributed by atoms with Crippen LogP contribution in [-0.2, 0) is 17.0 Å². The Morgan fingerprint density at radius 1 is 1.18 bits per heavy atom. The SMILES string of the molecule is COc1ccc(-c2nc(CSCC(=O)NCCc3ccc(F)cc3)cs2)cc1. The van der Waals surface area contributed by atoms with Gasteiger partial charge in [0.25, 0.3) is 0 Å². The van der Waals surface area contributed by atoms with E-state index in [1.165, 1.54) is 23.9 Å². The molecule has 0 aliphatic heterocycles. The van der Waals surface area contributed by atoms with E-state index in [-0.39, 0.29) is 11.7 Å². The Balaban J connectivity index is 1.38. The lowest BCUT2D eigenvalue weighted by atomic mass is 10.1. The molecule has 0 aliphatic rings. The highest BCUT2D eigenvalue weighted by Crippen LogP contribution is 2.27. The summed E-state index contributed by atoms with van der Waals surface area (Å²) in [5.41, 5.74) is 3.03. The first-order valence-electron chi connectivity index (χ1n) is 8.82. The number of benzene rings is 2. The number of rotatable bonds is 9. The van der Waals surface area contributed by atoms with Crippen LogP contribution in [0, 0.1) is 5.82 Å². The lowest BCUT2D eigenvalue weighted by Gasteiger charge is -2.05. The molecule has 4 nitrogen and oxygen atoms in total. The molecule has 0 saturated heterocycles. The predicted octanol–water partition coefficient (Wildman–Crippen LogP) is 4.55. The van der Waals surface area contributed by atoms with E-state index in [0.29, 0.717) is 24.5 Å². The molecule has 1 aromatic heterocycles. The van der Waals surface area contributed by atoms with Crippen LogP contribution in [0.1, 0.15) is 11.3 Å². The number of carbonyl (C=O) groups excluding carboxylic acids is 1. The Morgan fingerprint density at radius 2 is 1.93 bits per heavy atom. The average molecular weight is 417 g/mol. The monoisotopic (exact) mass is 416 g/mol. The molecule has 0 bridgehead atoms. The minimum absolute atomic E-state index is 0.00211. The van der Waals surface area contributed by atoms with Crippen molar-refractivity contribution in [1.82, 2.24) is 10.3 Å². The fraction of sp³-hybridized carbons (Fsp3) is 0.238. The van der Waals surface area contributed by atoms with Crippen molar-refractivity contribution in [1.29, 1.82) is 0 Å². The zero-order valence-corrected chi connectivity index (χ0v) is 17.1. The summed E-state index contributed by atoms with van der Waals surface area (Å²) in [5.74, 6) is 1.65. The highest BCUT2D eigenvalue weighted by molar-refractivity contribution is 7.99. The lowest BCUT2D eigenvalue weighted by Crippen LogP contribution is -2.27. The second kappa shape index (κ2) is 10.2. The number of thiazole rings is 1. The quantitative estimate of drug-likeness (QED) is 0.556. The van der Waals surface area contributed by atoms with Crippen LogP contribution in [0.25, 0.3) is 10.6 Å². The minimum atomic E-state index is -0.249. The van der Waals surface area contributed by atoms with Crippen molar-refractivity contribution in [3.63, 3.8) is 0 Å². The van der Waals surface area contributed by atoms with Gasteiger partial charge in [-0.2, -0.15) is 0 Å². The Bertz CT molecular complexity index is 896. The number of aromatic nitrogens is 1. The van der Waals surface area contributed by atoms with Crippen molar-refractivity contribution in [3.8, 4) is 16.3 Å². The number of hydrogen-bond acceptors (Lipinski definition) is 5. The Labute approximate surface area is 172 Å². The summed E-state index contributed by atoms with van der Waals surface area (Å²) in [4.78, 5) is 16.6. The maximum Gasteiger partial charge on any atom is 0.230 e. The molecule has 1 amide bonds. The Hall–Kier alpha value is -2.38. The van der Waals surface area contributed by atoms with Crippen molar-refractivity contribution >= 4 is 29.0 Å². The lowest BCUT2D eigenvalue weighted by molar-refractivity contribution is -0.118. The summed E-state index contributed by atoms with van der Waals surface area (Å²) in [5, 5.41) is 5.88. The largest absolute Gasteiger partial charge is 0.497 e.